The minimum Gasteiger partial charge on any atom is -0.455 e. The Morgan fingerprint density at radius 3 is 2.59 bits per heavy atom. The summed E-state index contributed by atoms with van der Waals surface area (Å²) in [5.41, 5.74) is 0.398. The number of hydrogen-bond donors (Lipinski definition) is 0. The van der Waals surface area contributed by atoms with Crippen molar-refractivity contribution in [2.75, 3.05) is 4.90 Å². The number of hydrogen-bond acceptors (Lipinski definition) is 6. The normalized spacial score (nSPS) is 11.3. The Morgan fingerprint density at radius 2 is 1.97 bits per heavy atom. The third-order valence-corrected chi connectivity index (χ3v) is 5.75. The Bertz CT molecular complexity index is 1040. The molecule has 0 aliphatic rings. The SMILES string of the molecule is CC(=O)N(c1cccc(C(F)(F)F)c1)c1nc(COC(=O)c2sccc2C)cs1. The molecule has 152 valence electrons. The zero-order valence-corrected chi connectivity index (χ0v) is 17.0. The fourth-order valence-corrected chi connectivity index (χ4v) is 4.19. The van der Waals surface area contributed by atoms with Gasteiger partial charge in [0.05, 0.1) is 16.9 Å². The molecule has 0 saturated carbocycles. The van der Waals surface area contributed by atoms with Gasteiger partial charge in [-0.2, -0.15) is 13.2 Å². The van der Waals surface area contributed by atoms with Crippen molar-refractivity contribution >= 4 is 45.4 Å². The van der Waals surface area contributed by atoms with Crippen LogP contribution >= 0.6 is 22.7 Å². The molecule has 2 heterocycles. The van der Waals surface area contributed by atoms with E-state index in [9.17, 15) is 22.8 Å². The molecule has 0 radical (unpaired) electrons. The Kier molecular flexibility index (Phi) is 6.04. The first kappa shape index (κ1) is 21.0. The number of aryl methyl sites for hydroxylation is 1. The molecule has 0 fully saturated rings. The first-order valence-electron chi connectivity index (χ1n) is 8.30. The van der Waals surface area contributed by atoms with E-state index in [4.69, 9.17) is 4.74 Å². The van der Waals surface area contributed by atoms with Gasteiger partial charge >= 0.3 is 12.1 Å². The molecule has 0 spiro atoms. The lowest BCUT2D eigenvalue weighted by Gasteiger charge is -2.19. The smallest absolute Gasteiger partial charge is 0.416 e. The van der Waals surface area contributed by atoms with Crippen molar-refractivity contribution in [3.8, 4) is 0 Å². The van der Waals surface area contributed by atoms with Crippen LogP contribution < -0.4 is 4.90 Å². The van der Waals surface area contributed by atoms with Crippen LogP contribution in [0.3, 0.4) is 0 Å². The van der Waals surface area contributed by atoms with Gasteiger partial charge in [0.25, 0.3) is 0 Å². The van der Waals surface area contributed by atoms with E-state index in [1.807, 2.05) is 6.07 Å². The van der Waals surface area contributed by atoms with Gasteiger partial charge in [-0.15, -0.1) is 22.7 Å². The summed E-state index contributed by atoms with van der Waals surface area (Å²) < 4.78 is 44.2. The highest BCUT2D eigenvalue weighted by atomic mass is 32.1. The van der Waals surface area contributed by atoms with Gasteiger partial charge in [0, 0.05) is 12.3 Å². The van der Waals surface area contributed by atoms with E-state index in [0.717, 1.165) is 33.9 Å². The fraction of sp³-hybridized carbons (Fsp3) is 0.211. The number of anilines is 2. The van der Waals surface area contributed by atoms with Crippen molar-refractivity contribution in [3.05, 3.63) is 62.8 Å². The second-order valence-corrected chi connectivity index (χ2v) is 7.79. The summed E-state index contributed by atoms with van der Waals surface area (Å²) in [5, 5.41) is 3.57. The molecule has 3 aromatic rings. The molecule has 0 saturated heterocycles. The molecule has 0 aliphatic carbocycles. The van der Waals surface area contributed by atoms with Gasteiger partial charge in [0.15, 0.2) is 5.13 Å². The first-order valence-corrected chi connectivity index (χ1v) is 10.1. The standard InChI is InChI=1S/C19H15F3N2O3S2/c1-11-6-7-28-16(11)17(26)27-9-14-10-29-18(23-14)24(12(2)25)15-5-3-4-13(8-15)19(20,21)22/h3-8,10H,9H2,1-2H3. The molecular weight excluding hydrogens is 425 g/mol. The largest absolute Gasteiger partial charge is 0.455 e. The molecule has 5 nitrogen and oxygen atoms in total. The number of carbonyl (C=O) groups excluding carboxylic acids is 2. The third kappa shape index (κ3) is 4.83. The van der Waals surface area contributed by atoms with Gasteiger partial charge in [0.2, 0.25) is 5.91 Å². The number of thiazole rings is 1. The molecule has 1 aromatic carbocycles. The topological polar surface area (TPSA) is 59.5 Å². The Balaban J connectivity index is 1.79. The van der Waals surface area contributed by atoms with Gasteiger partial charge < -0.3 is 4.74 Å². The van der Waals surface area contributed by atoms with Crippen LogP contribution in [0.4, 0.5) is 24.0 Å². The molecule has 3 rings (SSSR count). The van der Waals surface area contributed by atoms with Crippen LogP contribution in [0.2, 0.25) is 0 Å². The van der Waals surface area contributed by atoms with Crippen LogP contribution in [0.5, 0.6) is 0 Å². The maximum absolute atomic E-state index is 13.0. The van der Waals surface area contributed by atoms with Gasteiger partial charge in [-0.1, -0.05) is 6.07 Å². The maximum atomic E-state index is 13.0. The van der Waals surface area contributed by atoms with Crippen LogP contribution in [-0.4, -0.2) is 16.9 Å². The van der Waals surface area contributed by atoms with Crippen LogP contribution in [-0.2, 0) is 22.3 Å². The number of nitrogens with zero attached hydrogens (tertiary/aromatic N) is 2. The van der Waals surface area contributed by atoms with Crippen molar-refractivity contribution in [2.45, 2.75) is 26.6 Å². The molecule has 0 bridgehead atoms. The second kappa shape index (κ2) is 8.34. The Labute approximate surface area is 172 Å². The van der Waals surface area contributed by atoms with Crippen LogP contribution in [0.15, 0.2) is 41.1 Å². The lowest BCUT2D eigenvalue weighted by Crippen LogP contribution is -2.23. The number of halogens is 3. The molecular formula is C19H15F3N2O3S2. The van der Waals surface area contributed by atoms with Crippen LogP contribution in [0.25, 0.3) is 0 Å². The maximum Gasteiger partial charge on any atom is 0.416 e. The molecule has 29 heavy (non-hydrogen) atoms. The minimum atomic E-state index is -4.53. The van der Waals surface area contributed by atoms with E-state index in [1.54, 1.807) is 17.7 Å². The number of rotatable bonds is 5. The average molecular weight is 440 g/mol. The molecule has 10 heteroatoms. The van der Waals surface area contributed by atoms with Crippen LogP contribution in [0, 0.1) is 6.92 Å². The molecule has 0 unspecified atom stereocenters. The fourth-order valence-electron chi connectivity index (χ4n) is 2.50. The average Bonchev–Trinajstić information content (AvgIpc) is 3.28. The van der Waals surface area contributed by atoms with Crippen molar-refractivity contribution in [2.24, 2.45) is 0 Å². The van der Waals surface area contributed by atoms with E-state index < -0.39 is 23.6 Å². The van der Waals surface area contributed by atoms with Crippen molar-refractivity contribution in [1.29, 1.82) is 0 Å². The number of amides is 1. The van der Waals surface area contributed by atoms with Crippen LogP contribution in [0.1, 0.15) is 33.4 Å². The van der Waals surface area contributed by atoms with Crippen molar-refractivity contribution in [1.82, 2.24) is 4.98 Å². The Hall–Kier alpha value is -2.72. The highest BCUT2D eigenvalue weighted by Gasteiger charge is 2.31. The predicted octanol–water partition coefficient (Wildman–Crippen LogP) is 5.57. The van der Waals surface area contributed by atoms with E-state index in [-0.39, 0.29) is 17.4 Å². The highest BCUT2D eigenvalue weighted by Crippen LogP contribution is 2.35. The molecule has 1 amide bonds. The van der Waals surface area contributed by atoms with E-state index in [0.29, 0.717) is 10.6 Å². The summed E-state index contributed by atoms with van der Waals surface area (Å²) in [4.78, 5) is 30.0. The van der Waals surface area contributed by atoms with E-state index in [2.05, 4.69) is 4.98 Å². The van der Waals surface area contributed by atoms with E-state index in [1.165, 1.54) is 30.4 Å². The molecule has 0 aliphatic heterocycles. The number of thiophene rings is 1. The Morgan fingerprint density at radius 1 is 1.21 bits per heavy atom. The summed E-state index contributed by atoms with van der Waals surface area (Å²) in [6.45, 7) is 2.93. The molecule has 2 aromatic heterocycles. The van der Waals surface area contributed by atoms with E-state index >= 15 is 0 Å². The number of esters is 1. The van der Waals surface area contributed by atoms with Gasteiger partial charge in [-0.3, -0.25) is 9.69 Å². The second-order valence-electron chi connectivity index (χ2n) is 6.03. The number of ether oxygens (including phenoxy) is 1. The zero-order chi connectivity index (χ0) is 21.2. The molecule has 0 atom stereocenters. The summed E-state index contributed by atoms with van der Waals surface area (Å²) in [6, 6.07) is 6.26. The number of benzene rings is 1. The van der Waals surface area contributed by atoms with Gasteiger partial charge in [-0.25, -0.2) is 9.78 Å². The number of alkyl halides is 3. The summed E-state index contributed by atoms with van der Waals surface area (Å²) in [6.07, 6.45) is -4.53. The summed E-state index contributed by atoms with van der Waals surface area (Å²) >= 11 is 2.34. The quantitative estimate of drug-likeness (QED) is 0.487. The monoisotopic (exact) mass is 440 g/mol. The van der Waals surface area contributed by atoms with Gasteiger partial charge in [-0.05, 0) is 42.1 Å². The number of aromatic nitrogens is 1. The predicted molar refractivity (Wildman–Crippen MR) is 105 cm³/mol. The zero-order valence-electron chi connectivity index (χ0n) is 15.3. The summed E-state index contributed by atoms with van der Waals surface area (Å²) in [7, 11) is 0. The lowest BCUT2D eigenvalue weighted by atomic mass is 10.2. The minimum absolute atomic E-state index is 0.0550. The van der Waals surface area contributed by atoms with Gasteiger partial charge in [0.1, 0.15) is 11.5 Å². The third-order valence-electron chi connectivity index (χ3n) is 3.88. The molecule has 0 N–H and O–H groups in total. The highest BCUT2D eigenvalue weighted by molar-refractivity contribution is 7.14. The summed E-state index contributed by atoms with van der Waals surface area (Å²) in [5.74, 6) is -0.968. The number of carbonyl (C=O) groups is 2. The van der Waals surface area contributed by atoms with Crippen molar-refractivity contribution < 1.29 is 27.5 Å². The lowest BCUT2D eigenvalue weighted by molar-refractivity contribution is -0.137. The first-order chi connectivity index (χ1) is 13.7. The van der Waals surface area contributed by atoms with Crippen molar-refractivity contribution in [3.63, 3.8) is 0 Å².